The van der Waals surface area contributed by atoms with Gasteiger partial charge in [0.15, 0.2) is 5.65 Å². The number of hydrogen-bond acceptors (Lipinski definition) is 6. The first-order valence-corrected chi connectivity index (χ1v) is 10.8. The monoisotopic (exact) mass is 424 g/mol. The minimum Gasteiger partial charge on any atom is -0.267 e. The van der Waals surface area contributed by atoms with Gasteiger partial charge < -0.3 is 0 Å². The molecule has 4 aromatic heterocycles. The molecule has 156 valence electrons. The molecular formula is C21H24N6O2S. The number of hydrogen-bond donors (Lipinski definition) is 1. The van der Waals surface area contributed by atoms with Crippen LogP contribution in [0.1, 0.15) is 67.5 Å². The van der Waals surface area contributed by atoms with Crippen molar-refractivity contribution in [1.29, 1.82) is 0 Å². The standard InChI is InChI=1S/C21H24N6O2S/c1-6-13-7-15-20(30-13)22-10-26(21(15)29)25-19(28)14-8-17(11(2)3)24-18-16(14)9-23-27(18)12(4)5/h7-12H,6H2,1-5H3,(H,25,28). The molecule has 4 heterocycles. The van der Waals surface area contributed by atoms with Crippen molar-refractivity contribution >= 4 is 38.5 Å². The third kappa shape index (κ3) is 3.39. The van der Waals surface area contributed by atoms with E-state index in [9.17, 15) is 9.59 Å². The highest BCUT2D eigenvalue weighted by Crippen LogP contribution is 2.25. The van der Waals surface area contributed by atoms with Gasteiger partial charge in [0.25, 0.3) is 11.5 Å². The molecule has 0 fully saturated rings. The van der Waals surface area contributed by atoms with E-state index >= 15 is 0 Å². The summed E-state index contributed by atoms with van der Waals surface area (Å²) in [5.41, 5.74) is 4.28. The lowest BCUT2D eigenvalue weighted by Gasteiger charge is -2.13. The van der Waals surface area contributed by atoms with Gasteiger partial charge in [-0.3, -0.25) is 15.0 Å². The van der Waals surface area contributed by atoms with E-state index in [1.54, 1.807) is 16.9 Å². The number of carbonyl (C=O) groups excluding carboxylic acids is 1. The molecule has 0 aromatic carbocycles. The summed E-state index contributed by atoms with van der Waals surface area (Å²) in [5.74, 6) is -0.266. The second-order valence-corrected chi connectivity index (χ2v) is 8.93. The lowest BCUT2D eigenvalue weighted by Crippen LogP contribution is -2.33. The molecule has 9 heteroatoms. The van der Waals surface area contributed by atoms with Crippen LogP contribution in [0.15, 0.2) is 29.5 Å². The largest absolute Gasteiger partial charge is 0.280 e. The van der Waals surface area contributed by atoms with E-state index in [4.69, 9.17) is 4.98 Å². The van der Waals surface area contributed by atoms with Crippen molar-refractivity contribution < 1.29 is 4.79 Å². The molecule has 4 aromatic rings. The summed E-state index contributed by atoms with van der Waals surface area (Å²) in [5, 5.41) is 5.57. The van der Waals surface area contributed by atoms with Crippen LogP contribution in [0.25, 0.3) is 21.3 Å². The SMILES string of the molecule is CCc1cc2c(=O)n(NC(=O)c3cc(C(C)C)nc4c3cnn4C(C)C)cnc2s1. The summed E-state index contributed by atoms with van der Waals surface area (Å²) >= 11 is 1.49. The number of amides is 1. The fraction of sp³-hybridized carbons (Fsp3) is 0.381. The highest BCUT2D eigenvalue weighted by molar-refractivity contribution is 7.18. The van der Waals surface area contributed by atoms with E-state index in [-0.39, 0.29) is 17.5 Å². The minimum absolute atomic E-state index is 0.105. The number of aryl methyl sites for hydroxylation is 1. The predicted octanol–water partition coefficient (Wildman–Crippen LogP) is 3.85. The number of fused-ring (bicyclic) bond motifs is 2. The third-order valence-corrected chi connectivity index (χ3v) is 6.17. The molecule has 0 aliphatic heterocycles. The van der Waals surface area contributed by atoms with Crippen LogP contribution in [-0.4, -0.2) is 30.3 Å². The average Bonchev–Trinajstić information content (AvgIpc) is 3.33. The molecule has 4 rings (SSSR count). The Hall–Kier alpha value is -3.07. The summed E-state index contributed by atoms with van der Waals surface area (Å²) in [6, 6.07) is 3.71. The quantitative estimate of drug-likeness (QED) is 0.525. The highest BCUT2D eigenvalue weighted by atomic mass is 32.1. The van der Waals surface area contributed by atoms with E-state index in [1.807, 2.05) is 40.7 Å². The van der Waals surface area contributed by atoms with Crippen molar-refractivity contribution in [2.45, 2.75) is 53.0 Å². The van der Waals surface area contributed by atoms with Gasteiger partial charge in [-0.1, -0.05) is 20.8 Å². The second kappa shape index (κ2) is 7.64. The summed E-state index contributed by atoms with van der Waals surface area (Å²) in [6.07, 6.45) is 3.84. The van der Waals surface area contributed by atoms with E-state index < -0.39 is 5.91 Å². The first-order valence-electron chi connectivity index (χ1n) is 9.99. The van der Waals surface area contributed by atoms with Crippen LogP contribution in [0, 0.1) is 0 Å². The zero-order valence-electron chi connectivity index (χ0n) is 17.6. The van der Waals surface area contributed by atoms with Crippen LogP contribution >= 0.6 is 11.3 Å². The van der Waals surface area contributed by atoms with E-state index in [1.165, 1.54) is 17.7 Å². The van der Waals surface area contributed by atoms with Crippen molar-refractivity contribution in [3.05, 3.63) is 51.1 Å². The molecule has 0 spiro atoms. The molecule has 0 radical (unpaired) electrons. The van der Waals surface area contributed by atoms with Gasteiger partial charge >= 0.3 is 0 Å². The smallest absolute Gasteiger partial charge is 0.267 e. The molecule has 1 amide bonds. The van der Waals surface area contributed by atoms with Gasteiger partial charge in [-0.15, -0.1) is 11.3 Å². The Kier molecular flexibility index (Phi) is 5.15. The van der Waals surface area contributed by atoms with E-state index in [0.717, 1.165) is 21.7 Å². The lowest BCUT2D eigenvalue weighted by atomic mass is 10.1. The molecule has 30 heavy (non-hydrogen) atoms. The highest BCUT2D eigenvalue weighted by Gasteiger charge is 2.20. The lowest BCUT2D eigenvalue weighted by molar-refractivity contribution is 0.101. The zero-order chi connectivity index (χ0) is 21.6. The fourth-order valence-electron chi connectivity index (χ4n) is 3.30. The molecule has 1 N–H and O–H groups in total. The van der Waals surface area contributed by atoms with E-state index in [0.29, 0.717) is 26.8 Å². The number of pyridine rings is 1. The Labute approximate surface area is 177 Å². The Balaban J connectivity index is 1.79. The normalized spacial score (nSPS) is 11.8. The Morgan fingerprint density at radius 2 is 1.97 bits per heavy atom. The Bertz CT molecular complexity index is 1310. The van der Waals surface area contributed by atoms with Crippen LogP contribution in [0.2, 0.25) is 0 Å². The summed E-state index contributed by atoms with van der Waals surface area (Å²) < 4.78 is 2.94. The van der Waals surface area contributed by atoms with Crippen molar-refractivity contribution in [3.8, 4) is 0 Å². The maximum atomic E-state index is 13.2. The maximum Gasteiger partial charge on any atom is 0.280 e. The molecule has 0 saturated carbocycles. The Morgan fingerprint density at radius 3 is 2.63 bits per heavy atom. The number of rotatable bonds is 5. The van der Waals surface area contributed by atoms with Gasteiger partial charge in [0.1, 0.15) is 11.2 Å². The van der Waals surface area contributed by atoms with Crippen LogP contribution in [-0.2, 0) is 6.42 Å². The first kappa shape index (κ1) is 20.2. The van der Waals surface area contributed by atoms with Crippen LogP contribution in [0.3, 0.4) is 0 Å². The molecule has 0 bridgehead atoms. The molecular weight excluding hydrogens is 400 g/mol. The van der Waals surface area contributed by atoms with Crippen molar-refractivity contribution in [3.63, 3.8) is 0 Å². The van der Waals surface area contributed by atoms with Gasteiger partial charge in [-0.05, 0) is 38.3 Å². The molecule has 0 aliphatic rings. The minimum atomic E-state index is -0.401. The number of nitrogens with zero attached hydrogens (tertiary/aromatic N) is 5. The number of aromatic nitrogens is 5. The fourth-order valence-corrected chi connectivity index (χ4v) is 4.22. The number of nitrogens with one attached hydrogen (secondary N) is 1. The van der Waals surface area contributed by atoms with Gasteiger partial charge in [-0.2, -0.15) is 5.10 Å². The topological polar surface area (TPSA) is 94.7 Å². The van der Waals surface area contributed by atoms with Gasteiger partial charge in [0.05, 0.1) is 22.5 Å². The number of thiophene rings is 1. The molecule has 8 nitrogen and oxygen atoms in total. The summed E-state index contributed by atoms with van der Waals surface area (Å²) in [7, 11) is 0. The number of carbonyl (C=O) groups is 1. The van der Waals surface area contributed by atoms with E-state index in [2.05, 4.69) is 15.5 Å². The van der Waals surface area contributed by atoms with Crippen molar-refractivity contribution in [2.24, 2.45) is 0 Å². The molecule has 0 saturated heterocycles. The molecule has 0 unspecified atom stereocenters. The van der Waals surface area contributed by atoms with Crippen molar-refractivity contribution in [2.75, 3.05) is 5.43 Å². The summed E-state index contributed by atoms with van der Waals surface area (Å²) in [4.78, 5) is 36.8. The van der Waals surface area contributed by atoms with Crippen LogP contribution in [0.4, 0.5) is 0 Å². The van der Waals surface area contributed by atoms with Gasteiger partial charge in [0, 0.05) is 16.6 Å². The van der Waals surface area contributed by atoms with Crippen LogP contribution < -0.4 is 11.0 Å². The van der Waals surface area contributed by atoms with Crippen molar-refractivity contribution in [1.82, 2.24) is 24.4 Å². The average molecular weight is 425 g/mol. The maximum absolute atomic E-state index is 13.2. The third-order valence-electron chi connectivity index (χ3n) is 4.99. The Morgan fingerprint density at radius 1 is 1.20 bits per heavy atom. The van der Waals surface area contributed by atoms with Gasteiger partial charge in [0.2, 0.25) is 0 Å². The van der Waals surface area contributed by atoms with Crippen LogP contribution in [0.5, 0.6) is 0 Å². The molecule has 0 atom stereocenters. The predicted molar refractivity (Wildman–Crippen MR) is 119 cm³/mol. The zero-order valence-corrected chi connectivity index (χ0v) is 18.4. The second-order valence-electron chi connectivity index (χ2n) is 7.82. The molecule has 0 aliphatic carbocycles. The van der Waals surface area contributed by atoms with Gasteiger partial charge in [-0.25, -0.2) is 19.3 Å². The first-order chi connectivity index (χ1) is 14.3. The summed E-state index contributed by atoms with van der Waals surface area (Å²) in [6.45, 7) is 10.1.